The van der Waals surface area contributed by atoms with Gasteiger partial charge in [0, 0.05) is 0 Å². The van der Waals surface area contributed by atoms with Crippen molar-refractivity contribution >= 4 is 21.6 Å². The Hall–Kier alpha value is -2.34. The quantitative estimate of drug-likeness (QED) is 0.833. The normalized spacial score (nSPS) is 17.5. The summed E-state index contributed by atoms with van der Waals surface area (Å²) >= 11 is 0. The largest absolute Gasteiger partial charge is 0.347 e. The van der Waals surface area contributed by atoms with Crippen LogP contribution in [-0.4, -0.2) is 26.6 Å². The zero-order chi connectivity index (χ0) is 20.5. The molecule has 2 atom stereocenters. The first-order valence-electron chi connectivity index (χ1n) is 9.62. The molecule has 0 aliphatic heterocycles. The Morgan fingerprint density at radius 2 is 1.79 bits per heavy atom. The molecule has 150 valence electrons. The van der Waals surface area contributed by atoms with Crippen molar-refractivity contribution in [2.75, 3.05) is 10.6 Å². The molecule has 1 N–H and O–H groups in total. The highest BCUT2D eigenvalue weighted by molar-refractivity contribution is 7.92. The van der Waals surface area contributed by atoms with Crippen LogP contribution in [0.5, 0.6) is 0 Å². The van der Waals surface area contributed by atoms with Crippen molar-refractivity contribution in [2.45, 2.75) is 52.1 Å². The smallest absolute Gasteiger partial charge is 0.244 e. The Labute approximate surface area is 167 Å². The molecule has 5 nitrogen and oxygen atoms in total. The fourth-order valence-electron chi connectivity index (χ4n) is 4.08. The average molecular weight is 401 g/mol. The van der Waals surface area contributed by atoms with E-state index in [0.29, 0.717) is 5.69 Å². The lowest BCUT2D eigenvalue weighted by atomic mass is 9.87. The zero-order valence-electron chi connectivity index (χ0n) is 16.9. The second-order valence-corrected chi connectivity index (χ2v) is 9.59. The Kier molecular flexibility index (Phi) is 5.79. The van der Waals surface area contributed by atoms with Crippen molar-refractivity contribution in [1.82, 2.24) is 5.32 Å². The molecule has 1 amide bonds. The molecule has 0 fully saturated rings. The van der Waals surface area contributed by atoms with E-state index in [2.05, 4.69) is 11.4 Å². The van der Waals surface area contributed by atoms with Crippen LogP contribution in [0.15, 0.2) is 42.5 Å². The van der Waals surface area contributed by atoms with E-state index >= 15 is 0 Å². The lowest BCUT2D eigenvalue weighted by Crippen LogP contribution is -2.49. The van der Waals surface area contributed by atoms with Gasteiger partial charge in [0.2, 0.25) is 15.9 Å². The number of hydrogen-bond acceptors (Lipinski definition) is 3. The minimum absolute atomic E-state index is 0.0828. The van der Waals surface area contributed by atoms with Gasteiger partial charge in [0.15, 0.2) is 0 Å². The minimum Gasteiger partial charge on any atom is -0.347 e. The molecule has 6 heteroatoms. The van der Waals surface area contributed by atoms with Gasteiger partial charge >= 0.3 is 0 Å². The van der Waals surface area contributed by atoms with Gasteiger partial charge in [0.1, 0.15) is 6.04 Å². The van der Waals surface area contributed by atoms with E-state index in [9.17, 15) is 13.2 Å². The van der Waals surface area contributed by atoms with Crippen molar-refractivity contribution in [1.29, 1.82) is 0 Å². The number of sulfonamides is 1. The summed E-state index contributed by atoms with van der Waals surface area (Å²) in [5.41, 5.74) is 4.81. The van der Waals surface area contributed by atoms with E-state index in [1.54, 1.807) is 19.1 Å². The standard InChI is InChI=1S/C22H28N2O3S/c1-15-12-16(2)14-19(13-15)24(28(4,26)27)17(3)22(25)23-21-11-7-9-18-8-5-6-10-20(18)21/h5-6,8,10,12-14,17,21H,7,9,11H2,1-4H3,(H,23,25)/t17-,21-/m1/s1. The first-order valence-corrected chi connectivity index (χ1v) is 11.5. The highest BCUT2D eigenvalue weighted by Crippen LogP contribution is 2.30. The summed E-state index contributed by atoms with van der Waals surface area (Å²) in [6, 6.07) is 12.8. The number of hydrogen-bond donors (Lipinski definition) is 1. The van der Waals surface area contributed by atoms with Crippen LogP contribution in [0.25, 0.3) is 0 Å². The average Bonchev–Trinajstić information content (AvgIpc) is 2.60. The van der Waals surface area contributed by atoms with Crippen LogP contribution in [0, 0.1) is 13.8 Å². The van der Waals surface area contributed by atoms with Gasteiger partial charge in [0.25, 0.3) is 0 Å². The monoisotopic (exact) mass is 400 g/mol. The number of carbonyl (C=O) groups excluding carboxylic acids is 1. The van der Waals surface area contributed by atoms with Gasteiger partial charge in [-0.2, -0.15) is 0 Å². The van der Waals surface area contributed by atoms with Gasteiger partial charge in [-0.25, -0.2) is 8.42 Å². The summed E-state index contributed by atoms with van der Waals surface area (Å²) < 4.78 is 26.3. The number of fused-ring (bicyclic) bond motifs is 1. The van der Waals surface area contributed by atoms with Crippen molar-refractivity contribution in [2.24, 2.45) is 0 Å². The third-order valence-corrected chi connectivity index (χ3v) is 6.48. The Bertz CT molecular complexity index is 965. The molecule has 2 aromatic carbocycles. The maximum atomic E-state index is 13.0. The fourth-order valence-corrected chi connectivity index (χ4v) is 5.24. The number of carbonyl (C=O) groups is 1. The molecule has 0 spiro atoms. The van der Waals surface area contributed by atoms with Crippen LogP contribution in [0.2, 0.25) is 0 Å². The summed E-state index contributed by atoms with van der Waals surface area (Å²) in [5.74, 6) is -0.286. The highest BCUT2D eigenvalue weighted by Gasteiger charge is 2.31. The molecule has 0 heterocycles. The third-order valence-electron chi connectivity index (χ3n) is 5.24. The molecule has 0 bridgehead atoms. The van der Waals surface area contributed by atoms with E-state index in [1.165, 1.54) is 9.87 Å². The fraction of sp³-hybridized carbons (Fsp3) is 0.409. The summed E-state index contributed by atoms with van der Waals surface area (Å²) in [6.07, 6.45) is 4.02. The summed E-state index contributed by atoms with van der Waals surface area (Å²) in [7, 11) is -3.62. The SMILES string of the molecule is Cc1cc(C)cc(N([C@H](C)C(=O)N[C@@H]2CCCc3ccccc32)S(C)(=O)=O)c1. The number of benzene rings is 2. The Morgan fingerprint density at radius 1 is 1.14 bits per heavy atom. The molecular formula is C22H28N2O3S. The highest BCUT2D eigenvalue weighted by atomic mass is 32.2. The van der Waals surface area contributed by atoms with Crippen molar-refractivity contribution in [3.8, 4) is 0 Å². The Balaban J connectivity index is 1.88. The molecule has 0 unspecified atom stereocenters. The van der Waals surface area contributed by atoms with Gasteiger partial charge < -0.3 is 5.32 Å². The third kappa shape index (κ3) is 4.38. The van der Waals surface area contributed by atoms with Crippen LogP contribution < -0.4 is 9.62 Å². The molecule has 0 aromatic heterocycles. The molecule has 1 aliphatic carbocycles. The van der Waals surface area contributed by atoms with Gasteiger partial charge in [-0.15, -0.1) is 0 Å². The van der Waals surface area contributed by atoms with Crippen LogP contribution >= 0.6 is 0 Å². The molecule has 2 aromatic rings. The number of aryl methyl sites for hydroxylation is 3. The topological polar surface area (TPSA) is 66.5 Å². The predicted octanol–water partition coefficient (Wildman–Crippen LogP) is 3.65. The van der Waals surface area contributed by atoms with Crippen LogP contribution in [0.4, 0.5) is 5.69 Å². The number of nitrogens with one attached hydrogen (secondary N) is 1. The number of anilines is 1. The van der Waals surface area contributed by atoms with Crippen LogP contribution in [-0.2, 0) is 21.2 Å². The maximum Gasteiger partial charge on any atom is 0.244 e. The summed E-state index contributed by atoms with van der Waals surface area (Å²) in [4.78, 5) is 13.0. The second-order valence-electron chi connectivity index (χ2n) is 7.73. The number of rotatable bonds is 5. The molecule has 0 saturated heterocycles. The van der Waals surface area contributed by atoms with Crippen LogP contribution in [0.1, 0.15) is 48.1 Å². The Morgan fingerprint density at radius 3 is 2.43 bits per heavy atom. The van der Waals surface area contributed by atoms with E-state index in [1.807, 2.05) is 38.1 Å². The summed E-state index contributed by atoms with van der Waals surface area (Å²) in [6.45, 7) is 5.48. The molecule has 0 radical (unpaired) electrons. The minimum atomic E-state index is -3.62. The molecule has 1 aliphatic rings. The van der Waals surface area contributed by atoms with Crippen molar-refractivity contribution in [3.63, 3.8) is 0 Å². The molecule has 3 rings (SSSR count). The van der Waals surface area contributed by atoms with Crippen molar-refractivity contribution < 1.29 is 13.2 Å². The van der Waals surface area contributed by atoms with Crippen LogP contribution in [0.3, 0.4) is 0 Å². The van der Waals surface area contributed by atoms with E-state index < -0.39 is 16.1 Å². The van der Waals surface area contributed by atoms with Gasteiger partial charge in [0.05, 0.1) is 18.0 Å². The molecule has 28 heavy (non-hydrogen) atoms. The van der Waals surface area contributed by atoms with Crippen molar-refractivity contribution in [3.05, 3.63) is 64.7 Å². The zero-order valence-corrected chi connectivity index (χ0v) is 17.7. The predicted molar refractivity (Wildman–Crippen MR) is 113 cm³/mol. The second kappa shape index (κ2) is 7.95. The molecule has 0 saturated carbocycles. The number of nitrogens with zero attached hydrogens (tertiary/aromatic N) is 1. The first kappa shape index (κ1) is 20.4. The first-order chi connectivity index (χ1) is 13.2. The summed E-state index contributed by atoms with van der Waals surface area (Å²) in [5, 5.41) is 3.08. The lowest BCUT2D eigenvalue weighted by molar-refractivity contribution is -0.122. The van der Waals surface area contributed by atoms with E-state index in [0.717, 1.165) is 42.2 Å². The lowest BCUT2D eigenvalue weighted by Gasteiger charge is -2.32. The molecular weight excluding hydrogens is 372 g/mol. The van der Waals surface area contributed by atoms with Gasteiger partial charge in [-0.3, -0.25) is 9.10 Å². The van der Waals surface area contributed by atoms with E-state index in [4.69, 9.17) is 0 Å². The number of amides is 1. The maximum absolute atomic E-state index is 13.0. The van der Waals surface area contributed by atoms with Gasteiger partial charge in [-0.05, 0) is 74.4 Å². The van der Waals surface area contributed by atoms with E-state index in [-0.39, 0.29) is 11.9 Å². The van der Waals surface area contributed by atoms with Gasteiger partial charge in [-0.1, -0.05) is 30.3 Å².